The highest BCUT2D eigenvalue weighted by molar-refractivity contribution is 7.13. The number of carbonyl (C=O) groups is 1. The Labute approximate surface area is 91.0 Å². The van der Waals surface area contributed by atoms with Gasteiger partial charge in [-0.3, -0.25) is 0 Å². The third kappa shape index (κ3) is 1.97. The summed E-state index contributed by atoms with van der Waals surface area (Å²) in [5.74, 6) is -0.318. The molecule has 0 atom stereocenters. The summed E-state index contributed by atoms with van der Waals surface area (Å²) >= 11 is 1.21. The molecule has 0 spiro atoms. The van der Waals surface area contributed by atoms with Crippen LogP contribution >= 0.6 is 11.5 Å². The first-order chi connectivity index (χ1) is 7.18. The second-order valence-corrected chi connectivity index (χ2v) is 4.13. The first kappa shape index (κ1) is 10.0. The van der Waals surface area contributed by atoms with Gasteiger partial charge in [-0.2, -0.15) is 0 Å². The van der Waals surface area contributed by atoms with Crippen molar-refractivity contribution in [3.8, 4) is 0 Å². The van der Waals surface area contributed by atoms with Gasteiger partial charge < -0.3 is 4.74 Å². The maximum absolute atomic E-state index is 11.7. The molecule has 0 aliphatic rings. The van der Waals surface area contributed by atoms with E-state index in [9.17, 15) is 4.79 Å². The summed E-state index contributed by atoms with van der Waals surface area (Å²) in [5, 5.41) is 3.90. The van der Waals surface area contributed by atoms with Gasteiger partial charge in [0.05, 0.1) is 16.4 Å². The second-order valence-electron chi connectivity index (χ2n) is 3.38. The van der Waals surface area contributed by atoms with Gasteiger partial charge in [-0.15, -0.1) is 5.10 Å². The van der Waals surface area contributed by atoms with Crippen LogP contribution in [-0.4, -0.2) is 21.7 Å². The number of esters is 1. The normalized spacial score (nSPS) is 10.9. The molecule has 78 valence electrons. The summed E-state index contributed by atoms with van der Waals surface area (Å²) in [4.78, 5) is 11.7. The highest BCUT2D eigenvalue weighted by atomic mass is 32.1. The highest BCUT2D eigenvalue weighted by Gasteiger charge is 2.14. The molecule has 0 radical (unpaired) electrons. The van der Waals surface area contributed by atoms with Crippen molar-refractivity contribution in [3.63, 3.8) is 0 Å². The Morgan fingerprint density at radius 3 is 3.00 bits per heavy atom. The van der Waals surface area contributed by atoms with Crippen molar-refractivity contribution in [2.24, 2.45) is 0 Å². The third-order valence-corrected chi connectivity index (χ3v) is 2.61. The first-order valence-corrected chi connectivity index (χ1v) is 5.38. The summed E-state index contributed by atoms with van der Waals surface area (Å²) in [6.07, 6.45) is -0.117. The number of aromatic nitrogens is 2. The molecule has 1 aromatic carbocycles. The van der Waals surface area contributed by atoms with E-state index >= 15 is 0 Å². The topological polar surface area (TPSA) is 52.1 Å². The lowest BCUT2D eigenvalue weighted by atomic mass is 10.2. The molecular weight excluding hydrogens is 212 g/mol. The van der Waals surface area contributed by atoms with Crippen LogP contribution < -0.4 is 0 Å². The van der Waals surface area contributed by atoms with Crippen molar-refractivity contribution in [2.45, 2.75) is 20.0 Å². The summed E-state index contributed by atoms with van der Waals surface area (Å²) in [7, 11) is 0. The Morgan fingerprint density at radius 1 is 1.47 bits per heavy atom. The van der Waals surface area contributed by atoms with Gasteiger partial charge in [-0.25, -0.2) is 4.79 Å². The summed E-state index contributed by atoms with van der Waals surface area (Å²) < 4.78 is 9.71. The SMILES string of the molecule is CC(C)OC(=O)c1cccc2nnsc12. The van der Waals surface area contributed by atoms with Gasteiger partial charge in [0, 0.05) is 0 Å². The molecule has 0 saturated heterocycles. The van der Waals surface area contributed by atoms with Crippen molar-refractivity contribution in [1.82, 2.24) is 9.59 Å². The zero-order chi connectivity index (χ0) is 10.8. The molecular formula is C10H10N2O2S. The van der Waals surface area contributed by atoms with E-state index in [0.717, 1.165) is 10.2 Å². The average Bonchev–Trinajstić information content (AvgIpc) is 2.63. The van der Waals surface area contributed by atoms with Gasteiger partial charge in [0.1, 0.15) is 5.52 Å². The Kier molecular flexibility index (Phi) is 2.64. The number of hydrogen-bond acceptors (Lipinski definition) is 5. The van der Waals surface area contributed by atoms with Crippen molar-refractivity contribution < 1.29 is 9.53 Å². The minimum absolute atomic E-state index is 0.117. The predicted octanol–water partition coefficient (Wildman–Crippen LogP) is 2.26. The largest absolute Gasteiger partial charge is 0.459 e. The molecule has 0 N–H and O–H groups in total. The van der Waals surface area contributed by atoms with Gasteiger partial charge in [0.15, 0.2) is 0 Å². The minimum Gasteiger partial charge on any atom is -0.459 e. The van der Waals surface area contributed by atoms with Crippen LogP contribution in [0.2, 0.25) is 0 Å². The number of carbonyl (C=O) groups excluding carboxylic acids is 1. The van der Waals surface area contributed by atoms with Gasteiger partial charge in [0.2, 0.25) is 0 Å². The van der Waals surface area contributed by atoms with E-state index in [4.69, 9.17) is 4.74 Å². The molecule has 4 nitrogen and oxygen atoms in total. The van der Waals surface area contributed by atoms with E-state index in [0.29, 0.717) is 5.56 Å². The maximum Gasteiger partial charge on any atom is 0.339 e. The average molecular weight is 222 g/mol. The van der Waals surface area contributed by atoms with Crippen LogP contribution in [0.1, 0.15) is 24.2 Å². The second kappa shape index (κ2) is 3.94. The molecule has 0 amide bonds. The summed E-state index contributed by atoms with van der Waals surface area (Å²) in [5.41, 5.74) is 1.27. The molecule has 1 aromatic heterocycles. The van der Waals surface area contributed by atoms with Crippen molar-refractivity contribution in [3.05, 3.63) is 23.8 Å². The van der Waals surface area contributed by atoms with E-state index in [1.165, 1.54) is 11.5 Å². The summed E-state index contributed by atoms with van der Waals surface area (Å²) in [6.45, 7) is 3.64. The van der Waals surface area contributed by atoms with E-state index in [1.807, 2.05) is 19.9 Å². The van der Waals surface area contributed by atoms with E-state index < -0.39 is 0 Å². The van der Waals surface area contributed by atoms with Gasteiger partial charge in [0.25, 0.3) is 0 Å². The number of fused-ring (bicyclic) bond motifs is 1. The standard InChI is InChI=1S/C10H10N2O2S/c1-6(2)14-10(13)7-4-3-5-8-9(7)15-12-11-8/h3-6H,1-2H3. The molecule has 15 heavy (non-hydrogen) atoms. The molecule has 0 fully saturated rings. The number of benzene rings is 1. The van der Waals surface area contributed by atoms with Crippen LogP contribution in [0.3, 0.4) is 0 Å². The van der Waals surface area contributed by atoms with Gasteiger partial charge in [-0.1, -0.05) is 10.6 Å². The molecule has 2 rings (SSSR count). The number of hydrogen-bond donors (Lipinski definition) is 0. The zero-order valence-corrected chi connectivity index (χ0v) is 9.25. The molecule has 0 unspecified atom stereocenters. The Morgan fingerprint density at radius 2 is 2.27 bits per heavy atom. The number of nitrogens with zero attached hydrogens (tertiary/aromatic N) is 2. The van der Waals surface area contributed by atoms with Crippen LogP contribution in [0.25, 0.3) is 10.2 Å². The molecule has 0 saturated carbocycles. The molecule has 2 aromatic rings. The van der Waals surface area contributed by atoms with Crippen LogP contribution in [0.15, 0.2) is 18.2 Å². The van der Waals surface area contributed by atoms with Gasteiger partial charge in [-0.05, 0) is 37.5 Å². The van der Waals surface area contributed by atoms with Gasteiger partial charge >= 0.3 is 5.97 Å². The molecule has 0 aliphatic heterocycles. The van der Waals surface area contributed by atoms with E-state index in [1.54, 1.807) is 12.1 Å². The maximum atomic E-state index is 11.7. The lowest BCUT2D eigenvalue weighted by Gasteiger charge is -2.07. The number of ether oxygens (including phenoxy) is 1. The Balaban J connectivity index is 2.42. The smallest absolute Gasteiger partial charge is 0.339 e. The van der Waals surface area contributed by atoms with Crippen molar-refractivity contribution >= 4 is 27.7 Å². The Bertz CT molecular complexity index is 493. The molecule has 1 heterocycles. The monoisotopic (exact) mass is 222 g/mol. The van der Waals surface area contributed by atoms with E-state index in [-0.39, 0.29) is 12.1 Å². The summed E-state index contributed by atoms with van der Waals surface area (Å²) in [6, 6.07) is 5.33. The minimum atomic E-state index is -0.318. The highest BCUT2D eigenvalue weighted by Crippen LogP contribution is 2.21. The predicted molar refractivity (Wildman–Crippen MR) is 58.0 cm³/mol. The van der Waals surface area contributed by atoms with Crippen LogP contribution in [0.5, 0.6) is 0 Å². The number of rotatable bonds is 2. The fraction of sp³-hybridized carbons (Fsp3) is 0.300. The molecule has 5 heteroatoms. The fourth-order valence-corrected chi connectivity index (χ4v) is 1.91. The lowest BCUT2D eigenvalue weighted by Crippen LogP contribution is -2.11. The van der Waals surface area contributed by atoms with Crippen LogP contribution in [-0.2, 0) is 4.74 Å². The fourth-order valence-electron chi connectivity index (χ4n) is 1.24. The van der Waals surface area contributed by atoms with Crippen LogP contribution in [0.4, 0.5) is 0 Å². The molecule has 0 aliphatic carbocycles. The van der Waals surface area contributed by atoms with E-state index in [2.05, 4.69) is 9.59 Å². The zero-order valence-electron chi connectivity index (χ0n) is 8.43. The Hall–Kier alpha value is -1.49. The lowest BCUT2D eigenvalue weighted by molar-refractivity contribution is 0.0380. The third-order valence-electron chi connectivity index (χ3n) is 1.84. The van der Waals surface area contributed by atoms with Crippen molar-refractivity contribution in [2.75, 3.05) is 0 Å². The quantitative estimate of drug-likeness (QED) is 0.731. The van der Waals surface area contributed by atoms with Crippen molar-refractivity contribution in [1.29, 1.82) is 0 Å². The van der Waals surface area contributed by atoms with Crippen LogP contribution in [0, 0.1) is 0 Å². The molecule has 0 bridgehead atoms. The first-order valence-electron chi connectivity index (χ1n) is 4.60.